The molecule has 1 N–H and O–H groups in total. The Kier molecular flexibility index (Phi) is 4.70. The van der Waals surface area contributed by atoms with Gasteiger partial charge in [0.25, 0.3) is 0 Å². The lowest BCUT2D eigenvalue weighted by molar-refractivity contribution is -0.0655. The fourth-order valence-corrected chi connectivity index (χ4v) is 3.24. The summed E-state index contributed by atoms with van der Waals surface area (Å²) in [5.41, 5.74) is 1.99. The monoisotopic (exact) mass is 317 g/mol. The van der Waals surface area contributed by atoms with Crippen molar-refractivity contribution in [1.82, 2.24) is 15.2 Å². The maximum atomic E-state index is 12.4. The van der Waals surface area contributed by atoms with Crippen LogP contribution in [0.15, 0.2) is 41.2 Å². The van der Waals surface area contributed by atoms with Crippen LogP contribution in [0, 0.1) is 0 Å². The van der Waals surface area contributed by atoms with E-state index in [1.165, 1.54) is 0 Å². The van der Waals surface area contributed by atoms with Crippen molar-refractivity contribution in [3.8, 4) is 0 Å². The van der Waals surface area contributed by atoms with Crippen molar-refractivity contribution in [1.29, 1.82) is 0 Å². The van der Waals surface area contributed by atoms with Gasteiger partial charge < -0.3 is 15.0 Å². The molecule has 0 bridgehead atoms. The molecule has 3 rings (SSSR count). The van der Waals surface area contributed by atoms with Crippen LogP contribution in [0.2, 0.25) is 0 Å². The van der Waals surface area contributed by atoms with Gasteiger partial charge in [0.1, 0.15) is 6.10 Å². The first-order valence-electron chi connectivity index (χ1n) is 7.32. The Morgan fingerprint density at radius 2 is 2.36 bits per heavy atom. The van der Waals surface area contributed by atoms with Crippen LogP contribution >= 0.6 is 11.3 Å². The minimum atomic E-state index is -0.0685. The Bertz CT molecular complexity index is 603. The third-order valence-electron chi connectivity index (χ3n) is 3.61. The van der Waals surface area contributed by atoms with Crippen LogP contribution in [0.5, 0.6) is 0 Å². The Hall–Kier alpha value is -1.92. The minimum absolute atomic E-state index is 0.0271. The Morgan fingerprint density at radius 1 is 1.45 bits per heavy atom. The highest BCUT2D eigenvalue weighted by Gasteiger charge is 2.29. The molecule has 22 heavy (non-hydrogen) atoms. The van der Waals surface area contributed by atoms with E-state index in [0.717, 1.165) is 11.3 Å². The molecule has 2 atom stereocenters. The van der Waals surface area contributed by atoms with Gasteiger partial charge in [0.15, 0.2) is 0 Å². The molecule has 2 aromatic heterocycles. The predicted octanol–water partition coefficient (Wildman–Crippen LogP) is 2.81. The smallest absolute Gasteiger partial charge is 0.317 e. The number of nitrogens with one attached hydrogen (secondary N) is 1. The molecule has 116 valence electrons. The molecule has 0 aromatic carbocycles. The molecule has 1 aliphatic rings. The lowest BCUT2D eigenvalue weighted by Crippen LogP contribution is -2.49. The van der Waals surface area contributed by atoms with Gasteiger partial charge in [-0.05, 0) is 41.4 Å². The van der Waals surface area contributed by atoms with Crippen LogP contribution in [-0.4, -0.2) is 35.1 Å². The summed E-state index contributed by atoms with van der Waals surface area (Å²) in [5.74, 6) is 0. The molecule has 0 spiro atoms. The van der Waals surface area contributed by atoms with Gasteiger partial charge in [0.2, 0.25) is 0 Å². The molecule has 2 unspecified atom stereocenters. The fourth-order valence-electron chi connectivity index (χ4n) is 2.54. The van der Waals surface area contributed by atoms with E-state index in [0.29, 0.717) is 19.6 Å². The molecule has 0 aliphatic carbocycles. The van der Waals surface area contributed by atoms with Crippen LogP contribution in [-0.2, 0) is 11.3 Å². The zero-order valence-corrected chi connectivity index (χ0v) is 13.3. The van der Waals surface area contributed by atoms with E-state index in [2.05, 4.69) is 21.7 Å². The van der Waals surface area contributed by atoms with Crippen molar-refractivity contribution in [2.45, 2.75) is 25.7 Å². The maximum Gasteiger partial charge on any atom is 0.317 e. The van der Waals surface area contributed by atoms with Crippen LogP contribution < -0.4 is 5.32 Å². The SMILES string of the molecule is CC1CN(C(=O)NCc2ccccn2)CC(c2ccsc2)O1. The van der Waals surface area contributed by atoms with Crippen LogP contribution in [0.1, 0.15) is 24.3 Å². The third-order valence-corrected chi connectivity index (χ3v) is 4.31. The number of nitrogens with zero attached hydrogens (tertiary/aromatic N) is 2. The zero-order valence-electron chi connectivity index (χ0n) is 12.4. The van der Waals surface area contributed by atoms with Gasteiger partial charge in [-0.1, -0.05) is 6.07 Å². The second-order valence-corrected chi connectivity index (χ2v) is 6.16. The lowest BCUT2D eigenvalue weighted by atomic mass is 10.1. The van der Waals surface area contributed by atoms with Crippen molar-refractivity contribution in [2.75, 3.05) is 13.1 Å². The van der Waals surface area contributed by atoms with E-state index in [4.69, 9.17) is 4.74 Å². The number of thiophene rings is 1. The first kappa shape index (κ1) is 15.0. The summed E-state index contributed by atoms with van der Waals surface area (Å²) in [6.45, 7) is 3.62. The second kappa shape index (κ2) is 6.89. The van der Waals surface area contributed by atoms with Crippen molar-refractivity contribution in [3.63, 3.8) is 0 Å². The molecule has 0 saturated carbocycles. The first-order valence-corrected chi connectivity index (χ1v) is 8.27. The molecule has 1 fully saturated rings. The first-order chi connectivity index (χ1) is 10.7. The standard InChI is InChI=1S/C16H19N3O2S/c1-12-9-19(10-15(21-12)13-5-7-22-11-13)16(20)18-8-14-4-2-3-6-17-14/h2-7,11-12,15H,8-10H2,1H3,(H,18,20). The van der Waals surface area contributed by atoms with E-state index in [-0.39, 0.29) is 18.2 Å². The number of morpholine rings is 1. The highest BCUT2D eigenvalue weighted by molar-refractivity contribution is 7.07. The summed E-state index contributed by atoms with van der Waals surface area (Å²) in [4.78, 5) is 18.4. The number of hydrogen-bond donors (Lipinski definition) is 1. The van der Waals surface area contributed by atoms with E-state index in [1.54, 1.807) is 17.5 Å². The zero-order chi connectivity index (χ0) is 15.4. The molecule has 0 radical (unpaired) electrons. The van der Waals surface area contributed by atoms with Gasteiger partial charge in [-0.15, -0.1) is 0 Å². The molecular formula is C16H19N3O2S. The number of aromatic nitrogens is 1. The third kappa shape index (κ3) is 3.64. The molecule has 1 saturated heterocycles. The number of carbonyl (C=O) groups is 1. The van der Waals surface area contributed by atoms with Crippen molar-refractivity contribution < 1.29 is 9.53 Å². The fraction of sp³-hybridized carbons (Fsp3) is 0.375. The quantitative estimate of drug-likeness (QED) is 0.947. The molecule has 3 heterocycles. The summed E-state index contributed by atoms with van der Waals surface area (Å²) in [6.07, 6.45) is 1.71. The topological polar surface area (TPSA) is 54.5 Å². The maximum absolute atomic E-state index is 12.4. The van der Waals surface area contributed by atoms with Gasteiger partial charge in [-0.3, -0.25) is 4.98 Å². The number of urea groups is 1. The normalized spacial score (nSPS) is 21.6. The summed E-state index contributed by atoms with van der Waals surface area (Å²) in [7, 11) is 0. The molecular weight excluding hydrogens is 298 g/mol. The molecule has 6 heteroatoms. The summed E-state index contributed by atoms with van der Waals surface area (Å²) >= 11 is 1.64. The van der Waals surface area contributed by atoms with Crippen LogP contribution in [0.25, 0.3) is 0 Å². The van der Waals surface area contributed by atoms with Crippen LogP contribution in [0.3, 0.4) is 0 Å². The Balaban J connectivity index is 1.59. The van der Waals surface area contributed by atoms with E-state index < -0.39 is 0 Å². The molecule has 5 nitrogen and oxygen atoms in total. The summed E-state index contributed by atoms with van der Waals surface area (Å²) < 4.78 is 5.95. The van der Waals surface area contributed by atoms with Gasteiger partial charge in [0, 0.05) is 12.7 Å². The van der Waals surface area contributed by atoms with E-state index >= 15 is 0 Å². The Morgan fingerprint density at radius 3 is 3.09 bits per heavy atom. The van der Waals surface area contributed by atoms with Crippen molar-refractivity contribution in [2.24, 2.45) is 0 Å². The molecule has 2 amide bonds. The lowest BCUT2D eigenvalue weighted by Gasteiger charge is -2.36. The van der Waals surface area contributed by atoms with Gasteiger partial charge in [-0.25, -0.2) is 4.79 Å². The highest BCUT2D eigenvalue weighted by Crippen LogP contribution is 2.26. The molecule has 1 aliphatic heterocycles. The van der Waals surface area contributed by atoms with Crippen molar-refractivity contribution >= 4 is 17.4 Å². The number of rotatable bonds is 3. The van der Waals surface area contributed by atoms with Crippen LogP contribution in [0.4, 0.5) is 4.79 Å². The largest absolute Gasteiger partial charge is 0.367 e. The average molecular weight is 317 g/mol. The summed E-state index contributed by atoms with van der Waals surface area (Å²) in [6, 6.07) is 7.66. The minimum Gasteiger partial charge on any atom is -0.367 e. The number of ether oxygens (including phenoxy) is 1. The number of hydrogen-bond acceptors (Lipinski definition) is 4. The average Bonchev–Trinajstić information content (AvgIpc) is 3.07. The second-order valence-electron chi connectivity index (χ2n) is 5.38. The van der Waals surface area contributed by atoms with Crippen molar-refractivity contribution in [3.05, 3.63) is 52.5 Å². The van der Waals surface area contributed by atoms with Gasteiger partial charge >= 0.3 is 6.03 Å². The number of carbonyl (C=O) groups excluding carboxylic acids is 1. The number of amides is 2. The van der Waals surface area contributed by atoms with E-state index in [1.807, 2.05) is 35.4 Å². The predicted molar refractivity (Wildman–Crippen MR) is 85.7 cm³/mol. The van der Waals surface area contributed by atoms with E-state index in [9.17, 15) is 4.79 Å². The van der Waals surface area contributed by atoms with Gasteiger partial charge in [0.05, 0.1) is 24.9 Å². The Labute approximate surface area is 133 Å². The summed E-state index contributed by atoms with van der Waals surface area (Å²) in [5, 5.41) is 7.03. The molecule has 2 aromatic rings. The van der Waals surface area contributed by atoms with Gasteiger partial charge in [-0.2, -0.15) is 11.3 Å². The highest BCUT2D eigenvalue weighted by atomic mass is 32.1. The number of pyridine rings is 1.